The second-order valence-electron chi connectivity index (χ2n) is 3.73. The van der Waals surface area contributed by atoms with Crippen LogP contribution in [0.2, 0.25) is 0 Å². The van der Waals surface area contributed by atoms with Crippen molar-refractivity contribution in [3.05, 3.63) is 35.9 Å². The van der Waals surface area contributed by atoms with Gasteiger partial charge in [0.1, 0.15) is 0 Å². The highest BCUT2D eigenvalue weighted by molar-refractivity contribution is 5.83. The molecule has 0 saturated heterocycles. The van der Waals surface area contributed by atoms with Crippen molar-refractivity contribution < 1.29 is 14.8 Å². The summed E-state index contributed by atoms with van der Waals surface area (Å²) in [5.41, 5.74) is 2.49. The van der Waals surface area contributed by atoms with Gasteiger partial charge >= 0.3 is 0 Å². The number of rotatable bonds is 5. The fourth-order valence-electron chi connectivity index (χ4n) is 1.42. The number of amides is 2. The fraction of sp³-hybridized carbons (Fsp3) is 0.333. The van der Waals surface area contributed by atoms with E-state index in [0.717, 1.165) is 5.56 Å². The van der Waals surface area contributed by atoms with Gasteiger partial charge in [-0.05, 0) is 12.5 Å². The van der Waals surface area contributed by atoms with E-state index in [1.54, 1.807) is 0 Å². The van der Waals surface area contributed by atoms with Gasteiger partial charge in [0.15, 0.2) is 0 Å². The van der Waals surface area contributed by atoms with Crippen LogP contribution in [0.4, 0.5) is 0 Å². The lowest BCUT2D eigenvalue weighted by Gasteiger charge is -2.13. The molecule has 0 unspecified atom stereocenters. The summed E-state index contributed by atoms with van der Waals surface area (Å²) in [5, 5.41) is 11.1. The summed E-state index contributed by atoms with van der Waals surface area (Å²) in [6.07, 6.45) is 0.0351. The van der Waals surface area contributed by atoms with E-state index in [-0.39, 0.29) is 24.8 Å². The zero-order valence-electron chi connectivity index (χ0n) is 9.64. The maximum atomic E-state index is 11.5. The van der Waals surface area contributed by atoms with Crippen molar-refractivity contribution in [3.63, 3.8) is 0 Å². The minimum atomic E-state index is -0.562. The average Bonchev–Trinajstić information content (AvgIpc) is 2.36. The van der Waals surface area contributed by atoms with Crippen molar-refractivity contribution in [2.75, 3.05) is 0 Å². The number of hydrogen-bond donors (Lipinski definition) is 3. The molecule has 1 atom stereocenters. The van der Waals surface area contributed by atoms with Crippen molar-refractivity contribution in [3.8, 4) is 0 Å². The van der Waals surface area contributed by atoms with Crippen LogP contribution in [0.3, 0.4) is 0 Å². The maximum absolute atomic E-state index is 11.5. The Bertz CT molecular complexity index is 379. The van der Waals surface area contributed by atoms with Crippen LogP contribution in [0.1, 0.15) is 31.4 Å². The summed E-state index contributed by atoms with van der Waals surface area (Å²) >= 11 is 0. The van der Waals surface area contributed by atoms with E-state index >= 15 is 0 Å². The minimum absolute atomic E-state index is 0.0240. The number of carbonyl (C=O) groups is 2. The molecule has 0 aliphatic rings. The van der Waals surface area contributed by atoms with Gasteiger partial charge in [0, 0.05) is 12.8 Å². The Morgan fingerprint density at radius 3 is 2.35 bits per heavy atom. The highest BCUT2D eigenvalue weighted by Gasteiger charge is 2.10. The van der Waals surface area contributed by atoms with Crippen LogP contribution < -0.4 is 10.8 Å². The number of nitrogens with one attached hydrogen (secondary N) is 2. The summed E-state index contributed by atoms with van der Waals surface area (Å²) in [5.74, 6) is -0.780. The van der Waals surface area contributed by atoms with Gasteiger partial charge in [-0.15, -0.1) is 0 Å². The third-order valence-corrected chi connectivity index (χ3v) is 2.38. The molecule has 0 aromatic heterocycles. The molecule has 1 rings (SSSR count). The van der Waals surface area contributed by atoms with E-state index < -0.39 is 5.91 Å². The van der Waals surface area contributed by atoms with Gasteiger partial charge in [-0.3, -0.25) is 14.8 Å². The summed E-state index contributed by atoms with van der Waals surface area (Å²) < 4.78 is 0. The molecule has 0 bridgehead atoms. The Balaban J connectivity index is 2.39. The second kappa shape index (κ2) is 6.65. The Morgan fingerprint density at radius 1 is 1.18 bits per heavy atom. The number of carbonyl (C=O) groups excluding carboxylic acids is 2. The molecular formula is C12H16N2O3. The van der Waals surface area contributed by atoms with Crippen molar-refractivity contribution in [1.82, 2.24) is 10.8 Å². The molecule has 0 spiro atoms. The molecule has 5 nitrogen and oxygen atoms in total. The van der Waals surface area contributed by atoms with Gasteiger partial charge in [-0.2, -0.15) is 0 Å². The van der Waals surface area contributed by atoms with E-state index in [1.807, 2.05) is 37.3 Å². The van der Waals surface area contributed by atoms with Gasteiger partial charge in [-0.1, -0.05) is 30.3 Å². The summed E-state index contributed by atoms with van der Waals surface area (Å²) in [4.78, 5) is 22.2. The Labute approximate surface area is 99.8 Å². The van der Waals surface area contributed by atoms with Crippen molar-refractivity contribution in [2.45, 2.75) is 25.8 Å². The first-order valence-corrected chi connectivity index (χ1v) is 5.40. The topological polar surface area (TPSA) is 78.4 Å². The van der Waals surface area contributed by atoms with Gasteiger partial charge in [-0.25, -0.2) is 5.48 Å². The van der Waals surface area contributed by atoms with Crippen molar-refractivity contribution in [2.24, 2.45) is 0 Å². The lowest BCUT2D eigenvalue weighted by Crippen LogP contribution is -2.28. The molecule has 0 aliphatic carbocycles. The zero-order chi connectivity index (χ0) is 12.7. The van der Waals surface area contributed by atoms with Crippen molar-refractivity contribution in [1.29, 1.82) is 0 Å². The molecule has 0 heterocycles. The van der Waals surface area contributed by atoms with Gasteiger partial charge in [0.05, 0.1) is 6.04 Å². The van der Waals surface area contributed by atoms with E-state index in [2.05, 4.69) is 5.32 Å². The van der Waals surface area contributed by atoms with Gasteiger partial charge in [0.25, 0.3) is 0 Å². The molecule has 3 N–H and O–H groups in total. The predicted octanol–water partition coefficient (Wildman–Crippen LogP) is 1.15. The first-order valence-electron chi connectivity index (χ1n) is 5.40. The van der Waals surface area contributed by atoms with Gasteiger partial charge < -0.3 is 5.32 Å². The largest absolute Gasteiger partial charge is 0.350 e. The molecule has 92 valence electrons. The van der Waals surface area contributed by atoms with E-state index in [1.165, 1.54) is 5.48 Å². The fourth-order valence-corrected chi connectivity index (χ4v) is 1.42. The summed E-state index contributed by atoms with van der Waals surface area (Å²) in [7, 11) is 0. The third kappa shape index (κ3) is 4.65. The number of hydroxylamine groups is 1. The SMILES string of the molecule is C[C@H](NC(=O)CCC(=O)NO)c1ccccc1. The first-order chi connectivity index (χ1) is 8.13. The van der Waals surface area contributed by atoms with E-state index in [4.69, 9.17) is 5.21 Å². The van der Waals surface area contributed by atoms with Crippen molar-refractivity contribution >= 4 is 11.8 Å². The predicted molar refractivity (Wildman–Crippen MR) is 62.2 cm³/mol. The highest BCUT2D eigenvalue weighted by atomic mass is 16.5. The molecule has 1 aromatic rings. The smallest absolute Gasteiger partial charge is 0.243 e. The van der Waals surface area contributed by atoms with Crippen LogP contribution in [0.25, 0.3) is 0 Å². The minimum Gasteiger partial charge on any atom is -0.350 e. The van der Waals surface area contributed by atoms with Crippen LogP contribution in [-0.4, -0.2) is 17.0 Å². The molecule has 1 aromatic carbocycles. The lowest BCUT2D eigenvalue weighted by molar-refractivity contribution is -0.132. The molecule has 2 amide bonds. The summed E-state index contributed by atoms with van der Waals surface area (Å²) in [6.45, 7) is 1.87. The highest BCUT2D eigenvalue weighted by Crippen LogP contribution is 2.11. The van der Waals surface area contributed by atoms with Crippen LogP contribution in [-0.2, 0) is 9.59 Å². The molecule has 0 radical (unpaired) electrons. The maximum Gasteiger partial charge on any atom is 0.243 e. The normalized spacial score (nSPS) is 11.6. The van der Waals surface area contributed by atoms with Crippen LogP contribution >= 0.6 is 0 Å². The number of hydrogen-bond acceptors (Lipinski definition) is 3. The molecule has 0 aliphatic heterocycles. The lowest BCUT2D eigenvalue weighted by atomic mass is 10.1. The second-order valence-corrected chi connectivity index (χ2v) is 3.73. The van der Waals surface area contributed by atoms with Crippen LogP contribution in [0.15, 0.2) is 30.3 Å². The summed E-state index contributed by atoms with van der Waals surface area (Å²) in [6, 6.07) is 9.45. The molecule has 5 heteroatoms. The van der Waals surface area contributed by atoms with E-state index in [9.17, 15) is 9.59 Å². The molecule has 0 fully saturated rings. The first kappa shape index (κ1) is 13.2. The third-order valence-electron chi connectivity index (χ3n) is 2.38. The van der Waals surface area contributed by atoms with Crippen LogP contribution in [0, 0.1) is 0 Å². The average molecular weight is 236 g/mol. The molecule has 0 saturated carbocycles. The monoisotopic (exact) mass is 236 g/mol. The Morgan fingerprint density at radius 2 is 1.76 bits per heavy atom. The Kier molecular flexibility index (Phi) is 5.16. The van der Waals surface area contributed by atoms with E-state index in [0.29, 0.717) is 0 Å². The Hall–Kier alpha value is -1.88. The zero-order valence-corrected chi connectivity index (χ0v) is 9.64. The van der Waals surface area contributed by atoms with Gasteiger partial charge in [0.2, 0.25) is 11.8 Å². The number of benzene rings is 1. The molecular weight excluding hydrogens is 220 g/mol. The molecule has 17 heavy (non-hydrogen) atoms. The standard InChI is InChI=1S/C12H16N2O3/c1-9(10-5-3-2-4-6-10)13-11(15)7-8-12(16)14-17/h2-6,9,17H,7-8H2,1H3,(H,13,15)(H,14,16)/t9-/m0/s1. The quantitative estimate of drug-likeness (QED) is 0.530. The van der Waals surface area contributed by atoms with Crippen LogP contribution in [0.5, 0.6) is 0 Å².